The maximum atomic E-state index is 12.4. The molecule has 1 fully saturated rings. The van der Waals surface area contributed by atoms with E-state index in [-0.39, 0.29) is 11.2 Å². The quantitative estimate of drug-likeness (QED) is 0.842. The molecule has 6 heteroatoms. The SMILES string of the molecule is CC1(CS(=O)(=O)N[C@@H](C(=O)O)c2ccccc2)CCCCC1. The molecule has 1 atom stereocenters. The molecule has 22 heavy (non-hydrogen) atoms. The lowest BCUT2D eigenvalue weighted by Gasteiger charge is -2.33. The van der Waals surface area contributed by atoms with E-state index < -0.39 is 22.0 Å². The Labute approximate surface area is 131 Å². The summed E-state index contributed by atoms with van der Waals surface area (Å²) in [5.74, 6) is -1.21. The Kier molecular flexibility index (Phi) is 5.24. The second-order valence-electron chi connectivity index (χ2n) is 6.43. The van der Waals surface area contributed by atoms with E-state index in [1.807, 2.05) is 6.92 Å². The van der Waals surface area contributed by atoms with Crippen LogP contribution in [0.5, 0.6) is 0 Å². The molecule has 0 amide bonds. The van der Waals surface area contributed by atoms with Gasteiger partial charge in [0.05, 0.1) is 5.75 Å². The van der Waals surface area contributed by atoms with Gasteiger partial charge in [0.15, 0.2) is 0 Å². The van der Waals surface area contributed by atoms with Gasteiger partial charge < -0.3 is 5.11 Å². The van der Waals surface area contributed by atoms with Crippen molar-refractivity contribution < 1.29 is 18.3 Å². The molecule has 0 heterocycles. The highest BCUT2D eigenvalue weighted by atomic mass is 32.2. The average molecular weight is 325 g/mol. The molecule has 1 aromatic carbocycles. The molecule has 2 rings (SSSR count). The summed E-state index contributed by atoms with van der Waals surface area (Å²) in [4.78, 5) is 11.4. The molecular weight excluding hydrogens is 302 g/mol. The van der Waals surface area contributed by atoms with E-state index in [9.17, 15) is 18.3 Å². The normalized spacial score (nSPS) is 19.5. The number of hydrogen-bond acceptors (Lipinski definition) is 3. The molecule has 1 saturated carbocycles. The Bertz CT molecular complexity index is 606. The van der Waals surface area contributed by atoms with Crippen LogP contribution in [0.3, 0.4) is 0 Å². The summed E-state index contributed by atoms with van der Waals surface area (Å²) in [6.07, 6.45) is 4.96. The van der Waals surface area contributed by atoms with Crippen LogP contribution < -0.4 is 4.72 Å². The molecule has 122 valence electrons. The first-order valence-corrected chi connectivity index (χ1v) is 9.24. The number of hydrogen-bond donors (Lipinski definition) is 2. The van der Waals surface area contributed by atoms with Crippen LogP contribution in [0.2, 0.25) is 0 Å². The third kappa shape index (κ3) is 4.55. The largest absolute Gasteiger partial charge is 0.480 e. The summed E-state index contributed by atoms with van der Waals surface area (Å²) in [5, 5.41) is 9.33. The fraction of sp³-hybridized carbons (Fsp3) is 0.562. The minimum Gasteiger partial charge on any atom is -0.480 e. The van der Waals surface area contributed by atoms with Crippen LogP contribution in [-0.4, -0.2) is 25.2 Å². The third-order valence-corrected chi connectivity index (χ3v) is 5.95. The van der Waals surface area contributed by atoms with Gasteiger partial charge in [-0.3, -0.25) is 4.79 Å². The Morgan fingerprint density at radius 3 is 2.36 bits per heavy atom. The van der Waals surface area contributed by atoms with Crippen LogP contribution in [0.4, 0.5) is 0 Å². The number of benzene rings is 1. The lowest BCUT2D eigenvalue weighted by atomic mass is 9.77. The van der Waals surface area contributed by atoms with Crippen molar-refractivity contribution >= 4 is 16.0 Å². The van der Waals surface area contributed by atoms with Crippen LogP contribution in [-0.2, 0) is 14.8 Å². The van der Waals surface area contributed by atoms with Gasteiger partial charge in [0.1, 0.15) is 6.04 Å². The topological polar surface area (TPSA) is 83.5 Å². The molecule has 1 aliphatic rings. The smallest absolute Gasteiger partial charge is 0.326 e. The number of rotatable bonds is 6. The molecule has 2 N–H and O–H groups in total. The highest BCUT2D eigenvalue weighted by Crippen LogP contribution is 2.37. The zero-order valence-corrected chi connectivity index (χ0v) is 13.6. The van der Waals surface area contributed by atoms with Crippen molar-refractivity contribution in [2.45, 2.75) is 45.1 Å². The van der Waals surface area contributed by atoms with Gasteiger partial charge in [-0.05, 0) is 23.8 Å². The lowest BCUT2D eigenvalue weighted by Crippen LogP contribution is -2.40. The minimum absolute atomic E-state index is 0.0172. The lowest BCUT2D eigenvalue weighted by molar-refractivity contribution is -0.139. The third-order valence-electron chi connectivity index (χ3n) is 4.28. The number of carboxylic acids is 1. The summed E-state index contributed by atoms with van der Waals surface area (Å²) in [5.41, 5.74) is 0.177. The van der Waals surface area contributed by atoms with E-state index in [1.165, 1.54) is 0 Å². The Morgan fingerprint density at radius 2 is 1.82 bits per heavy atom. The van der Waals surface area contributed by atoms with Crippen molar-refractivity contribution in [1.29, 1.82) is 0 Å². The van der Waals surface area contributed by atoms with Crippen LogP contribution >= 0.6 is 0 Å². The van der Waals surface area contributed by atoms with E-state index in [0.29, 0.717) is 5.56 Å². The first kappa shape index (κ1) is 17.0. The van der Waals surface area contributed by atoms with Gasteiger partial charge in [0, 0.05) is 0 Å². The molecule has 1 aromatic rings. The van der Waals surface area contributed by atoms with Gasteiger partial charge in [0.25, 0.3) is 0 Å². The number of sulfonamides is 1. The maximum absolute atomic E-state index is 12.4. The van der Waals surface area contributed by atoms with E-state index in [0.717, 1.165) is 32.1 Å². The number of aliphatic carboxylic acids is 1. The molecule has 0 aromatic heterocycles. The minimum atomic E-state index is -3.66. The standard InChI is InChI=1S/C16H23NO4S/c1-16(10-6-3-7-11-16)12-22(20,21)17-14(15(18)19)13-8-4-2-5-9-13/h2,4-5,8-9,14,17H,3,6-7,10-12H2,1H3,(H,18,19)/t14-/m1/s1. The van der Waals surface area contributed by atoms with Crippen molar-refractivity contribution in [3.63, 3.8) is 0 Å². The van der Waals surface area contributed by atoms with Crippen molar-refractivity contribution in [3.8, 4) is 0 Å². The summed E-state index contributed by atoms with van der Waals surface area (Å²) >= 11 is 0. The predicted molar refractivity (Wildman–Crippen MR) is 84.9 cm³/mol. The Hall–Kier alpha value is -1.40. The number of nitrogens with one attached hydrogen (secondary N) is 1. The van der Waals surface area contributed by atoms with Crippen molar-refractivity contribution in [1.82, 2.24) is 4.72 Å². The van der Waals surface area contributed by atoms with Gasteiger partial charge >= 0.3 is 5.97 Å². The maximum Gasteiger partial charge on any atom is 0.326 e. The van der Waals surface area contributed by atoms with Gasteiger partial charge in [-0.15, -0.1) is 0 Å². The van der Waals surface area contributed by atoms with Crippen molar-refractivity contribution in [3.05, 3.63) is 35.9 Å². The van der Waals surface area contributed by atoms with Crippen molar-refractivity contribution in [2.75, 3.05) is 5.75 Å². The Morgan fingerprint density at radius 1 is 1.23 bits per heavy atom. The van der Waals surface area contributed by atoms with Crippen LogP contribution in [0.25, 0.3) is 0 Å². The molecule has 0 radical (unpaired) electrons. The second kappa shape index (κ2) is 6.79. The summed E-state index contributed by atoms with van der Waals surface area (Å²) in [6.45, 7) is 1.98. The highest BCUT2D eigenvalue weighted by molar-refractivity contribution is 7.89. The molecule has 0 bridgehead atoms. The number of carboxylic acid groups (broad SMARTS) is 1. The first-order valence-electron chi connectivity index (χ1n) is 7.59. The van der Waals surface area contributed by atoms with E-state index >= 15 is 0 Å². The fourth-order valence-corrected chi connectivity index (χ4v) is 5.02. The van der Waals surface area contributed by atoms with E-state index in [4.69, 9.17) is 0 Å². The average Bonchev–Trinajstić information content (AvgIpc) is 2.45. The highest BCUT2D eigenvalue weighted by Gasteiger charge is 2.34. The van der Waals surface area contributed by atoms with Gasteiger partial charge in [-0.25, -0.2) is 8.42 Å². The first-order chi connectivity index (χ1) is 10.3. The summed E-state index contributed by atoms with van der Waals surface area (Å²) < 4.78 is 27.2. The fourth-order valence-electron chi connectivity index (χ4n) is 3.14. The molecule has 1 aliphatic carbocycles. The molecule has 5 nitrogen and oxygen atoms in total. The van der Waals surface area contributed by atoms with E-state index in [1.54, 1.807) is 30.3 Å². The summed E-state index contributed by atoms with van der Waals surface area (Å²) in [7, 11) is -3.66. The van der Waals surface area contributed by atoms with Gasteiger partial charge in [-0.2, -0.15) is 4.72 Å². The molecular formula is C16H23NO4S. The molecule has 0 saturated heterocycles. The molecule has 0 unspecified atom stereocenters. The zero-order chi connectivity index (χ0) is 16.2. The summed E-state index contributed by atoms with van der Waals surface area (Å²) in [6, 6.07) is 7.15. The van der Waals surface area contributed by atoms with Crippen LogP contribution in [0.1, 0.15) is 50.6 Å². The monoisotopic (exact) mass is 325 g/mol. The van der Waals surface area contributed by atoms with Crippen LogP contribution in [0.15, 0.2) is 30.3 Å². The van der Waals surface area contributed by atoms with Gasteiger partial charge in [0.2, 0.25) is 10.0 Å². The zero-order valence-electron chi connectivity index (χ0n) is 12.8. The molecule has 0 spiro atoms. The van der Waals surface area contributed by atoms with E-state index in [2.05, 4.69) is 4.72 Å². The molecule has 0 aliphatic heterocycles. The Balaban J connectivity index is 2.13. The van der Waals surface area contributed by atoms with Crippen molar-refractivity contribution in [2.24, 2.45) is 5.41 Å². The van der Waals surface area contributed by atoms with Gasteiger partial charge in [-0.1, -0.05) is 56.5 Å². The second-order valence-corrected chi connectivity index (χ2v) is 8.18. The predicted octanol–water partition coefficient (Wildman–Crippen LogP) is 2.70. The van der Waals surface area contributed by atoms with Crippen LogP contribution in [0, 0.1) is 5.41 Å². The number of carbonyl (C=O) groups is 1.